The first-order valence-corrected chi connectivity index (χ1v) is 11.0. The van der Waals surface area contributed by atoms with Gasteiger partial charge < -0.3 is 20.1 Å². The van der Waals surface area contributed by atoms with Crippen molar-refractivity contribution in [1.29, 1.82) is 0 Å². The number of hydrogen-bond acceptors (Lipinski definition) is 4. The summed E-state index contributed by atoms with van der Waals surface area (Å²) in [5.41, 5.74) is 4.57. The van der Waals surface area contributed by atoms with Crippen LogP contribution in [0.4, 0.5) is 4.79 Å². The maximum absolute atomic E-state index is 12.6. The fraction of sp³-hybridized carbons (Fsp3) is 0.400. The number of hydrogen-bond donors (Lipinski definition) is 2. The lowest BCUT2D eigenvalue weighted by molar-refractivity contribution is -0.149. The fourth-order valence-electron chi connectivity index (χ4n) is 4.23. The van der Waals surface area contributed by atoms with Gasteiger partial charge in [0, 0.05) is 24.9 Å². The molecule has 32 heavy (non-hydrogen) atoms. The molecular formula is C25H30N2O5. The zero-order valence-electron chi connectivity index (χ0n) is 18.7. The molecule has 0 heterocycles. The first kappa shape index (κ1) is 23.3. The second-order valence-corrected chi connectivity index (χ2v) is 7.97. The zero-order valence-corrected chi connectivity index (χ0v) is 18.7. The minimum atomic E-state index is -1.06. The number of fused-ring (bicyclic) bond motifs is 3. The lowest BCUT2D eigenvalue weighted by Gasteiger charge is -2.27. The molecule has 0 fully saturated rings. The molecule has 0 saturated heterocycles. The van der Waals surface area contributed by atoms with Gasteiger partial charge in [-0.25, -0.2) is 9.59 Å². The average molecular weight is 439 g/mol. The van der Waals surface area contributed by atoms with Crippen LogP contribution in [0.15, 0.2) is 48.5 Å². The second-order valence-electron chi connectivity index (χ2n) is 7.97. The Morgan fingerprint density at radius 1 is 1.03 bits per heavy atom. The Bertz CT molecular complexity index is 944. The van der Waals surface area contributed by atoms with E-state index in [4.69, 9.17) is 4.74 Å². The molecule has 2 N–H and O–H groups in total. The summed E-state index contributed by atoms with van der Waals surface area (Å²) in [5.74, 6) is -1.41. The molecule has 1 unspecified atom stereocenters. The van der Waals surface area contributed by atoms with Gasteiger partial charge in [-0.05, 0) is 42.5 Å². The van der Waals surface area contributed by atoms with E-state index < -0.39 is 24.1 Å². The number of alkyl carbamates (subject to hydrolysis) is 1. The van der Waals surface area contributed by atoms with Gasteiger partial charge in [-0.2, -0.15) is 0 Å². The van der Waals surface area contributed by atoms with E-state index in [0.29, 0.717) is 6.42 Å². The van der Waals surface area contributed by atoms with Crippen molar-refractivity contribution in [2.45, 2.75) is 51.6 Å². The van der Waals surface area contributed by atoms with E-state index in [1.54, 1.807) is 6.92 Å². The number of amides is 2. The Kier molecular flexibility index (Phi) is 7.51. The number of aliphatic carboxylic acids is 1. The van der Waals surface area contributed by atoms with Crippen LogP contribution in [-0.2, 0) is 14.3 Å². The maximum Gasteiger partial charge on any atom is 0.407 e. The Balaban J connectivity index is 1.60. The van der Waals surface area contributed by atoms with E-state index in [9.17, 15) is 19.5 Å². The highest BCUT2D eigenvalue weighted by Gasteiger charge is 2.30. The summed E-state index contributed by atoms with van der Waals surface area (Å²) >= 11 is 0. The summed E-state index contributed by atoms with van der Waals surface area (Å²) in [4.78, 5) is 37.6. The Morgan fingerprint density at radius 3 is 2.09 bits per heavy atom. The molecule has 7 heteroatoms. The monoisotopic (exact) mass is 438 g/mol. The van der Waals surface area contributed by atoms with Gasteiger partial charge in [-0.15, -0.1) is 0 Å². The van der Waals surface area contributed by atoms with Gasteiger partial charge in [0.2, 0.25) is 5.91 Å². The molecule has 0 spiro atoms. The molecule has 0 radical (unpaired) electrons. The molecule has 3 rings (SSSR count). The van der Waals surface area contributed by atoms with Crippen LogP contribution in [0.2, 0.25) is 0 Å². The van der Waals surface area contributed by atoms with E-state index in [1.165, 1.54) is 11.8 Å². The number of carbonyl (C=O) groups is 3. The first-order chi connectivity index (χ1) is 15.4. The van der Waals surface area contributed by atoms with E-state index in [1.807, 2.05) is 31.2 Å². The van der Waals surface area contributed by atoms with Gasteiger partial charge in [-0.1, -0.05) is 55.5 Å². The van der Waals surface area contributed by atoms with E-state index in [-0.39, 0.29) is 31.4 Å². The number of carbonyl (C=O) groups excluding carboxylic acids is 2. The molecule has 7 nitrogen and oxygen atoms in total. The van der Waals surface area contributed by atoms with Crippen molar-refractivity contribution >= 4 is 18.0 Å². The summed E-state index contributed by atoms with van der Waals surface area (Å²) in [7, 11) is 0. The Hall–Kier alpha value is -3.35. The van der Waals surface area contributed by atoms with Gasteiger partial charge in [-0.3, -0.25) is 4.79 Å². The van der Waals surface area contributed by atoms with Gasteiger partial charge in [0.15, 0.2) is 0 Å². The van der Waals surface area contributed by atoms with Crippen LogP contribution in [0.5, 0.6) is 0 Å². The molecule has 2 atom stereocenters. The highest BCUT2D eigenvalue weighted by Crippen LogP contribution is 2.44. The van der Waals surface area contributed by atoms with Crippen molar-refractivity contribution in [3.63, 3.8) is 0 Å². The number of carboxylic acid groups (broad SMARTS) is 1. The molecule has 0 bridgehead atoms. The minimum absolute atomic E-state index is 0.0200. The molecule has 2 aromatic rings. The highest BCUT2D eigenvalue weighted by atomic mass is 16.5. The predicted molar refractivity (Wildman–Crippen MR) is 121 cm³/mol. The number of nitrogens with one attached hydrogen (secondary N) is 1. The van der Waals surface area contributed by atoms with Crippen LogP contribution >= 0.6 is 0 Å². The molecule has 170 valence electrons. The summed E-state index contributed by atoms with van der Waals surface area (Å²) in [6.45, 7) is 5.55. The normalized spacial score (nSPS) is 14.1. The van der Waals surface area contributed by atoms with Crippen molar-refractivity contribution < 1.29 is 24.2 Å². The lowest BCUT2D eigenvalue weighted by Crippen LogP contribution is -2.46. The largest absolute Gasteiger partial charge is 0.480 e. The van der Waals surface area contributed by atoms with Crippen LogP contribution in [0.3, 0.4) is 0 Å². The summed E-state index contributed by atoms with van der Waals surface area (Å²) < 4.78 is 5.56. The Labute approximate surface area is 188 Å². The van der Waals surface area contributed by atoms with Gasteiger partial charge in [0.1, 0.15) is 12.6 Å². The molecule has 0 saturated carbocycles. The van der Waals surface area contributed by atoms with Crippen LogP contribution in [0.1, 0.15) is 50.7 Å². The van der Waals surface area contributed by atoms with E-state index in [0.717, 1.165) is 22.3 Å². The smallest absolute Gasteiger partial charge is 0.407 e. The molecule has 1 aliphatic carbocycles. The van der Waals surface area contributed by atoms with Crippen LogP contribution in [-0.4, -0.2) is 53.2 Å². The lowest BCUT2D eigenvalue weighted by atomic mass is 9.98. The molecule has 2 amide bonds. The third kappa shape index (κ3) is 4.93. The standard InChI is InChI=1S/C25H30N2O5/c1-4-17(14-23(28)27(5-2)16(3)24(29)30)26-25(31)32-15-22-20-12-8-6-10-18(20)19-11-7-9-13-21(19)22/h6-13,16-17,22H,4-5,14-15H2,1-3H3,(H,26,31)(H,29,30)/t16?,17-/m0/s1. The highest BCUT2D eigenvalue weighted by molar-refractivity contribution is 5.84. The van der Waals surface area contributed by atoms with Crippen LogP contribution < -0.4 is 5.32 Å². The fourth-order valence-corrected chi connectivity index (χ4v) is 4.23. The minimum Gasteiger partial charge on any atom is -0.480 e. The van der Waals surface area contributed by atoms with E-state index in [2.05, 4.69) is 29.6 Å². The van der Waals surface area contributed by atoms with Crippen LogP contribution in [0.25, 0.3) is 11.1 Å². The number of rotatable bonds is 9. The van der Waals surface area contributed by atoms with Gasteiger partial charge in [0.25, 0.3) is 0 Å². The molecule has 1 aliphatic rings. The second kappa shape index (κ2) is 10.3. The van der Waals surface area contributed by atoms with Gasteiger partial charge in [0.05, 0.1) is 0 Å². The van der Waals surface area contributed by atoms with Crippen molar-refractivity contribution in [3.8, 4) is 11.1 Å². The molecular weight excluding hydrogens is 408 g/mol. The molecule has 0 aliphatic heterocycles. The summed E-state index contributed by atoms with van der Waals surface area (Å²) in [6.07, 6.45) is -0.0398. The SMILES string of the molecule is CC[C@@H](CC(=O)N(CC)C(C)C(=O)O)NC(=O)OCC1c2ccccc2-c2ccccc21. The maximum atomic E-state index is 12.6. The number of nitrogens with zero attached hydrogens (tertiary/aromatic N) is 1. The number of carboxylic acids is 1. The summed E-state index contributed by atoms with van der Waals surface area (Å²) in [6, 6.07) is 14.9. The first-order valence-electron chi connectivity index (χ1n) is 11.0. The molecule has 2 aromatic carbocycles. The zero-order chi connectivity index (χ0) is 23.3. The number of benzene rings is 2. The van der Waals surface area contributed by atoms with Crippen LogP contribution in [0, 0.1) is 0 Å². The summed E-state index contributed by atoms with van der Waals surface area (Å²) in [5, 5.41) is 12.0. The van der Waals surface area contributed by atoms with Crippen molar-refractivity contribution in [1.82, 2.24) is 10.2 Å². The van der Waals surface area contributed by atoms with Gasteiger partial charge >= 0.3 is 12.1 Å². The Morgan fingerprint density at radius 2 is 1.59 bits per heavy atom. The quantitative estimate of drug-likeness (QED) is 0.617. The van der Waals surface area contributed by atoms with E-state index >= 15 is 0 Å². The van der Waals surface area contributed by atoms with Crippen molar-refractivity contribution in [2.75, 3.05) is 13.2 Å². The topological polar surface area (TPSA) is 95.9 Å². The third-order valence-electron chi connectivity index (χ3n) is 6.07. The number of ether oxygens (including phenoxy) is 1. The average Bonchev–Trinajstić information content (AvgIpc) is 3.11. The molecule has 0 aromatic heterocycles. The van der Waals surface area contributed by atoms with Crippen molar-refractivity contribution in [3.05, 3.63) is 59.7 Å². The number of likely N-dealkylation sites (N-methyl/N-ethyl adjacent to an activating group) is 1. The third-order valence-corrected chi connectivity index (χ3v) is 6.07. The van der Waals surface area contributed by atoms with Crippen molar-refractivity contribution in [2.24, 2.45) is 0 Å². The predicted octanol–water partition coefficient (Wildman–Crippen LogP) is 4.02.